The van der Waals surface area contributed by atoms with Crippen LogP contribution in [-0.4, -0.2) is 21.0 Å². The van der Waals surface area contributed by atoms with Gasteiger partial charge in [-0.15, -0.1) is 0 Å². The number of benzene rings is 1. The number of hydrogen-bond donors (Lipinski definition) is 2. The SMILES string of the molecule is Cc1ccnc(Sc2ccc(C(=O)O)c(N)c2)n1. The van der Waals surface area contributed by atoms with E-state index in [9.17, 15) is 4.79 Å². The Labute approximate surface area is 108 Å². The third kappa shape index (κ3) is 2.78. The van der Waals surface area contributed by atoms with Crippen LogP contribution in [0.1, 0.15) is 16.1 Å². The first-order chi connectivity index (χ1) is 8.56. The van der Waals surface area contributed by atoms with Gasteiger partial charge in [0.05, 0.1) is 5.56 Å². The Morgan fingerprint density at radius 1 is 1.39 bits per heavy atom. The number of nitrogens with two attached hydrogens (primary N) is 1. The lowest BCUT2D eigenvalue weighted by molar-refractivity contribution is 0.0698. The maximum absolute atomic E-state index is 10.8. The van der Waals surface area contributed by atoms with Gasteiger partial charge in [-0.1, -0.05) is 0 Å². The molecule has 0 aliphatic rings. The van der Waals surface area contributed by atoms with E-state index < -0.39 is 5.97 Å². The molecular weight excluding hydrogens is 250 g/mol. The van der Waals surface area contributed by atoms with E-state index in [-0.39, 0.29) is 11.3 Å². The maximum Gasteiger partial charge on any atom is 0.337 e. The molecule has 0 saturated heterocycles. The van der Waals surface area contributed by atoms with Crippen molar-refractivity contribution in [3.8, 4) is 0 Å². The van der Waals surface area contributed by atoms with E-state index in [0.717, 1.165) is 10.6 Å². The molecule has 3 N–H and O–H groups in total. The molecule has 1 aromatic heterocycles. The van der Waals surface area contributed by atoms with Crippen LogP contribution in [0.3, 0.4) is 0 Å². The van der Waals surface area contributed by atoms with Crippen LogP contribution in [0.5, 0.6) is 0 Å². The van der Waals surface area contributed by atoms with E-state index in [2.05, 4.69) is 9.97 Å². The van der Waals surface area contributed by atoms with Crippen molar-refractivity contribution in [2.75, 3.05) is 5.73 Å². The molecule has 6 heteroatoms. The fourth-order valence-electron chi connectivity index (χ4n) is 1.38. The van der Waals surface area contributed by atoms with E-state index in [0.29, 0.717) is 5.16 Å². The second-order valence-electron chi connectivity index (χ2n) is 3.64. The summed E-state index contributed by atoms with van der Waals surface area (Å²) >= 11 is 1.34. The molecule has 1 aromatic carbocycles. The molecule has 0 atom stereocenters. The van der Waals surface area contributed by atoms with Crippen molar-refractivity contribution in [2.45, 2.75) is 17.0 Å². The Morgan fingerprint density at radius 3 is 2.78 bits per heavy atom. The van der Waals surface area contributed by atoms with E-state index in [1.807, 2.05) is 13.0 Å². The largest absolute Gasteiger partial charge is 0.478 e. The molecule has 0 aliphatic heterocycles. The Hall–Kier alpha value is -2.08. The van der Waals surface area contributed by atoms with Gasteiger partial charge in [-0.2, -0.15) is 0 Å². The average Bonchev–Trinajstić information content (AvgIpc) is 2.28. The van der Waals surface area contributed by atoms with Gasteiger partial charge in [0.25, 0.3) is 0 Å². The summed E-state index contributed by atoms with van der Waals surface area (Å²) in [6.07, 6.45) is 1.68. The third-order valence-electron chi connectivity index (χ3n) is 2.24. The van der Waals surface area contributed by atoms with Gasteiger partial charge in [0.15, 0.2) is 5.16 Å². The van der Waals surface area contributed by atoms with E-state index in [1.165, 1.54) is 17.8 Å². The predicted octanol–water partition coefficient (Wildman–Crippen LogP) is 2.22. The minimum atomic E-state index is -1.03. The molecule has 0 amide bonds. The van der Waals surface area contributed by atoms with Crippen molar-refractivity contribution >= 4 is 23.4 Å². The Kier molecular flexibility index (Phi) is 3.47. The highest BCUT2D eigenvalue weighted by molar-refractivity contribution is 7.99. The van der Waals surface area contributed by atoms with E-state index >= 15 is 0 Å². The molecule has 2 rings (SSSR count). The number of rotatable bonds is 3. The zero-order valence-corrected chi connectivity index (χ0v) is 10.4. The molecule has 0 fully saturated rings. The summed E-state index contributed by atoms with van der Waals surface area (Å²) in [7, 11) is 0. The lowest BCUT2D eigenvalue weighted by Gasteiger charge is -2.04. The molecule has 0 saturated carbocycles. The van der Waals surface area contributed by atoms with Crippen LogP contribution in [0.2, 0.25) is 0 Å². The summed E-state index contributed by atoms with van der Waals surface area (Å²) in [4.78, 5) is 20.0. The summed E-state index contributed by atoms with van der Waals surface area (Å²) in [6.45, 7) is 1.88. The molecular formula is C12H11N3O2S. The zero-order valence-electron chi connectivity index (χ0n) is 9.62. The summed E-state index contributed by atoms with van der Waals surface area (Å²) < 4.78 is 0. The standard InChI is InChI=1S/C12H11N3O2S/c1-7-4-5-14-12(15-7)18-8-2-3-9(11(16)17)10(13)6-8/h2-6H,13H2,1H3,(H,16,17). The van der Waals surface area contributed by atoms with Gasteiger partial charge in [0.2, 0.25) is 0 Å². The fourth-order valence-corrected chi connectivity index (χ4v) is 2.22. The number of carbonyl (C=O) groups is 1. The second kappa shape index (κ2) is 5.05. The third-order valence-corrected chi connectivity index (χ3v) is 3.10. The maximum atomic E-state index is 10.8. The van der Waals surface area contributed by atoms with Crippen LogP contribution in [0.4, 0.5) is 5.69 Å². The molecule has 2 aromatic rings. The van der Waals surface area contributed by atoms with Crippen LogP contribution in [0.15, 0.2) is 40.5 Å². The predicted molar refractivity (Wildman–Crippen MR) is 68.7 cm³/mol. The zero-order chi connectivity index (χ0) is 13.1. The van der Waals surface area contributed by atoms with Crippen molar-refractivity contribution in [1.82, 2.24) is 9.97 Å². The number of carboxylic acids is 1. The van der Waals surface area contributed by atoms with Crippen molar-refractivity contribution < 1.29 is 9.90 Å². The number of nitrogen functional groups attached to an aromatic ring is 1. The normalized spacial score (nSPS) is 10.3. The number of hydrogen-bond acceptors (Lipinski definition) is 5. The van der Waals surface area contributed by atoms with Gasteiger partial charge >= 0.3 is 5.97 Å². The number of aromatic carboxylic acids is 1. The van der Waals surface area contributed by atoms with Gasteiger partial charge in [0.1, 0.15) is 0 Å². The molecule has 18 heavy (non-hydrogen) atoms. The molecule has 1 heterocycles. The summed E-state index contributed by atoms with van der Waals surface area (Å²) in [6, 6.07) is 6.59. The lowest BCUT2D eigenvalue weighted by atomic mass is 10.2. The van der Waals surface area contributed by atoms with Crippen molar-refractivity contribution in [3.05, 3.63) is 41.7 Å². The number of anilines is 1. The Balaban J connectivity index is 2.25. The van der Waals surface area contributed by atoms with Gasteiger partial charge in [-0.05, 0) is 43.0 Å². The van der Waals surface area contributed by atoms with Crippen molar-refractivity contribution in [2.24, 2.45) is 0 Å². The Bertz CT molecular complexity index is 602. The number of aryl methyl sites for hydroxylation is 1. The first kappa shape index (κ1) is 12.4. The smallest absolute Gasteiger partial charge is 0.337 e. The van der Waals surface area contributed by atoms with Crippen molar-refractivity contribution in [1.29, 1.82) is 0 Å². The lowest BCUT2D eigenvalue weighted by Crippen LogP contribution is -2.01. The van der Waals surface area contributed by atoms with Crippen molar-refractivity contribution in [3.63, 3.8) is 0 Å². The van der Waals surface area contributed by atoms with Crippen LogP contribution in [0, 0.1) is 6.92 Å². The van der Waals surface area contributed by atoms with E-state index in [1.54, 1.807) is 18.3 Å². The molecule has 5 nitrogen and oxygen atoms in total. The minimum absolute atomic E-state index is 0.101. The highest BCUT2D eigenvalue weighted by Gasteiger charge is 2.09. The van der Waals surface area contributed by atoms with Crippen LogP contribution >= 0.6 is 11.8 Å². The molecule has 0 aliphatic carbocycles. The minimum Gasteiger partial charge on any atom is -0.478 e. The van der Waals surface area contributed by atoms with Crippen LogP contribution in [0.25, 0.3) is 0 Å². The molecule has 0 radical (unpaired) electrons. The average molecular weight is 261 g/mol. The number of nitrogens with zero attached hydrogens (tertiary/aromatic N) is 2. The highest BCUT2D eigenvalue weighted by Crippen LogP contribution is 2.27. The number of aromatic nitrogens is 2. The number of carboxylic acid groups (broad SMARTS) is 1. The van der Waals surface area contributed by atoms with Gasteiger partial charge in [0, 0.05) is 22.5 Å². The molecule has 92 valence electrons. The first-order valence-corrected chi connectivity index (χ1v) is 5.98. The Morgan fingerprint density at radius 2 is 2.17 bits per heavy atom. The van der Waals surface area contributed by atoms with E-state index in [4.69, 9.17) is 10.8 Å². The van der Waals surface area contributed by atoms with Gasteiger partial charge in [-0.3, -0.25) is 0 Å². The van der Waals surface area contributed by atoms with Crippen LogP contribution in [-0.2, 0) is 0 Å². The van der Waals surface area contributed by atoms with Gasteiger partial charge < -0.3 is 10.8 Å². The van der Waals surface area contributed by atoms with Gasteiger partial charge in [-0.25, -0.2) is 14.8 Å². The topological polar surface area (TPSA) is 89.1 Å². The first-order valence-electron chi connectivity index (χ1n) is 5.16. The summed E-state index contributed by atoms with van der Waals surface area (Å²) in [5, 5.41) is 9.48. The second-order valence-corrected chi connectivity index (χ2v) is 4.68. The quantitative estimate of drug-likeness (QED) is 0.650. The summed E-state index contributed by atoms with van der Waals surface area (Å²) in [5.74, 6) is -1.03. The fraction of sp³-hybridized carbons (Fsp3) is 0.0833. The molecule has 0 bridgehead atoms. The molecule has 0 unspecified atom stereocenters. The summed E-state index contributed by atoms with van der Waals surface area (Å²) in [5.41, 5.74) is 6.89. The monoisotopic (exact) mass is 261 g/mol. The van der Waals surface area contributed by atoms with Crippen LogP contribution < -0.4 is 5.73 Å². The highest BCUT2D eigenvalue weighted by atomic mass is 32.2. The molecule has 0 spiro atoms.